The summed E-state index contributed by atoms with van der Waals surface area (Å²) in [5.74, 6) is -0.230. The van der Waals surface area contributed by atoms with Gasteiger partial charge >= 0.3 is 0 Å². The molecule has 0 saturated carbocycles. The van der Waals surface area contributed by atoms with E-state index in [2.05, 4.69) is 28.6 Å². The minimum atomic E-state index is -0.230. The number of amides is 1. The molecule has 0 fully saturated rings. The van der Waals surface area contributed by atoms with E-state index in [9.17, 15) is 4.79 Å². The molecule has 1 amide bonds. The van der Waals surface area contributed by atoms with Crippen molar-refractivity contribution in [2.24, 2.45) is 0 Å². The van der Waals surface area contributed by atoms with Crippen LogP contribution in [-0.4, -0.2) is 28.3 Å². The molecular weight excluding hydrogens is 541 g/mol. The fourth-order valence-corrected chi connectivity index (χ4v) is 5.01. The van der Waals surface area contributed by atoms with Gasteiger partial charge in [-0.05, 0) is 47.4 Å². The molecule has 202 valence electrons. The molecule has 0 aliphatic rings. The number of hydrogen-bond acceptors (Lipinski definition) is 3. The fraction of sp³-hybridized carbons (Fsp3) is 0.152. The Morgan fingerprint density at radius 1 is 0.875 bits per heavy atom. The van der Waals surface area contributed by atoms with Crippen molar-refractivity contribution in [3.05, 3.63) is 130 Å². The summed E-state index contributed by atoms with van der Waals surface area (Å²) in [6, 6.07) is 33.2. The maximum absolute atomic E-state index is 13.7. The first kappa shape index (κ1) is 27.7. The average molecular weight is 571 g/mol. The summed E-state index contributed by atoms with van der Waals surface area (Å²) in [5, 5.41) is 8.71. The second-order valence-corrected chi connectivity index (χ2v) is 10.3. The quantitative estimate of drug-likeness (QED) is 0.184. The average Bonchev–Trinajstić information content (AvgIpc) is 3.43. The van der Waals surface area contributed by atoms with E-state index < -0.39 is 0 Å². The smallest absolute Gasteiger partial charge is 0.255 e. The van der Waals surface area contributed by atoms with E-state index in [0.29, 0.717) is 40.2 Å². The molecule has 0 unspecified atom stereocenters. The molecule has 0 aliphatic heterocycles. The lowest BCUT2D eigenvalue weighted by Crippen LogP contribution is -2.37. The zero-order chi connectivity index (χ0) is 27.9. The number of halogens is 2. The third-order valence-corrected chi connectivity index (χ3v) is 7.19. The molecule has 7 heteroatoms. The van der Waals surface area contributed by atoms with Crippen molar-refractivity contribution in [2.75, 3.05) is 6.61 Å². The maximum Gasteiger partial charge on any atom is 0.255 e. The van der Waals surface area contributed by atoms with E-state index in [1.807, 2.05) is 73.7 Å². The minimum absolute atomic E-state index is 0.165. The van der Waals surface area contributed by atoms with Gasteiger partial charge in [0.25, 0.3) is 5.91 Å². The van der Waals surface area contributed by atoms with Gasteiger partial charge < -0.3 is 10.1 Å². The van der Waals surface area contributed by atoms with Crippen molar-refractivity contribution in [1.82, 2.24) is 15.1 Å². The Hall–Kier alpha value is -3.90. The molecule has 1 aromatic heterocycles. The summed E-state index contributed by atoms with van der Waals surface area (Å²) < 4.78 is 7.62. The van der Waals surface area contributed by atoms with Crippen LogP contribution in [0.25, 0.3) is 28.1 Å². The van der Waals surface area contributed by atoms with Crippen molar-refractivity contribution in [1.29, 1.82) is 0 Å². The van der Waals surface area contributed by atoms with Crippen molar-refractivity contribution in [2.45, 2.75) is 26.0 Å². The molecule has 5 nitrogen and oxygen atoms in total. The van der Waals surface area contributed by atoms with Crippen LogP contribution in [0.3, 0.4) is 0 Å². The van der Waals surface area contributed by atoms with Crippen molar-refractivity contribution in [3.63, 3.8) is 0 Å². The summed E-state index contributed by atoms with van der Waals surface area (Å²) in [7, 11) is 0. The molecule has 0 radical (unpaired) electrons. The Bertz CT molecular complexity index is 1590. The molecule has 0 aliphatic carbocycles. The van der Waals surface area contributed by atoms with E-state index in [1.165, 1.54) is 0 Å². The minimum Gasteiger partial charge on any atom is -0.375 e. The van der Waals surface area contributed by atoms with Crippen LogP contribution < -0.4 is 5.32 Å². The maximum atomic E-state index is 13.7. The summed E-state index contributed by atoms with van der Waals surface area (Å²) in [4.78, 5) is 13.7. The molecule has 5 rings (SSSR count). The summed E-state index contributed by atoms with van der Waals surface area (Å²) in [6.07, 6.45) is 2.30. The van der Waals surface area contributed by atoms with E-state index in [1.54, 1.807) is 29.1 Å². The molecule has 4 aromatic carbocycles. The predicted octanol–water partition coefficient (Wildman–Crippen LogP) is 8.24. The van der Waals surface area contributed by atoms with Gasteiger partial charge in [-0.25, -0.2) is 4.68 Å². The van der Waals surface area contributed by atoms with Crippen LogP contribution in [0.15, 0.2) is 109 Å². The van der Waals surface area contributed by atoms with Crippen LogP contribution in [0.2, 0.25) is 10.0 Å². The number of nitrogens with one attached hydrogen (secondary N) is 1. The van der Waals surface area contributed by atoms with Crippen LogP contribution in [0, 0.1) is 0 Å². The SMILES string of the molecule is CC[C@H](COCc1ccccc1)NC(=O)c1cnn(-c2ccc(Cl)cc2Cl)c1-c1cccc(-c2ccccc2)c1. The molecule has 1 heterocycles. The first-order chi connectivity index (χ1) is 19.5. The van der Waals surface area contributed by atoms with Crippen LogP contribution in [-0.2, 0) is 11.3 Å². The van der Waals surface area contributed by atoms with Gasteiger partial charge in [-0.15, -0.1) is 0 Å². The largest absolute Gasteiger partial charge is 0.375 e. The van der Waals surface area contributed by atoms with E-state index in [-0.39, 0.29) is 11.9 Å². The molecule has 5 aromatic rings. The standard InChI is InChI=1S/C33H29Cl2N3O2/c1-2-28(22-40-21-23-10-5-3-6-11-23)37-33(39)29-20-36-38(31-17-16-27(34)19-30(31)35)32(29)26-15-9-14-25(18-26)24-12-7-4-8-13-24/h3-20,28H,2,21-22H2,1H3,(H,37,39)/t28-/m1/s1. The highest BCUT2D eigenvalue weighted by Crippen LogP contribution is 2.33. The van der Waals surface area contributed by atoms with Crippen LogP contribution in [0.5, 0.6) is 0 Å². The van der Waals surface area contributed by atoms with E-state index >= 15 is 0 Å². The van der Waals surface area contributed by atoms with Crippen LogP contribution in [0.1, 0.15) is 29.3 Å². The highest BCUT2D eigenvalue weighted by molar-refractivity contribution is 6.35. The zero-order valence-electron chi connectivity index (χ0n) is 22.1. The van der Waals surface area contributed by atoms with Gasteiger partial charge in [-0.3, -0.25) is 4.79 Å². The van der Waals surface area contributed by atoms with Crippen LogP contribution in [0.4, 0.5) is 0 Å². The molecule has 1 N–H and O–H groups in total. The molecule has 0 bridgehead atoms. The van der Waals surface area contributed by atoms with Gasteiger partial charge in [0.1, 0.15) is 0 Å². The highest BCUT2D eigenvalue weighted by atomic mass is 35.5. The van der Waals surface area contributed by atoms with Gasteiger partial charge in [-0.1, -0.05) is 109 Å². The number of hydrogen-bond donors (Lipinski definition) is 1. The van der Waals surface area contributed by atoms with Crippen molar-refractivity contribution < 1.29 is 9.53 Å². The summed E-state index contributed by atoms with van der Waals surface area (Å²) in [5.41, 5.74) is 5.74. The van der Waals surface area contributed by atoms with Crippen molar-refractivity contribution >= 4 is 29.1 Å². The Kier molecular flexibility index (Phi) is 8.97. The number of rotatable bonds is 10. The molecule has 40 heavy (non-hydrogen) atoms. The number of carbonyl (C=O) groups excluding carboxylic acids is 1. The first-order valence-corrected chi connectivity index (χ1v) is 13.9. The monoisotopic (exact) mass is 569 g/mol. The number of benzene rings is 4. The Morgan fingerprint density at radius 3 is 2.30 bits per heavy atom. The predicted molar refractivity (Wildman–Crippen MR) is 162 cm³/mol. The topological polar surface area (TPSA) is 56.1 Å². The third-order valence-electron chi connectivity index (χ3n) is 6.65. The van der Waals surface area contributed by atoms with E-state index in [0.717, 1.165) is 28.7 Å². The van der Waals surface area contributed by atoms with Crippen LogP contribution >= 0.6 is 23.2 Å². The first-order valence-electron chi connectivity index (χ1n) is 13.2. The van der Waals surface area contributed by atoms with Gasteiger partial charge in [0.05, 0.1) is 47.4 Å². The van der Waals surface area contributed by atoms with Gasteiger partial charge in [0, 0.05) is 10.6 Å². The molecule has 1 atom stereocenters. The number of ether oxygens (including phenoxy) is 1. The third kappa shape index (κ3) is 6.45. The Morgan fingerprint density at radius 2 is 1.57 bits per heavy atom. The van der Waals surface area contributed by atoms with E-state index in [4.69, 9.17) is 27.9 Å². The van der Waals surface area contributed by atoms with Gasteiger partial charge in [0.15, 0.2) is 0 Å². The lowest BCUT2D eigenvalue weighted by Gasteiger charge is -2.18. The highest BCUT2D eigenvalue weighted by Gasteiger charge is 2.23. The summed E-state index contributed by atoms with van der Waals surface area (Å²) in [6.45, 7) is 2.91. The molecular formula is C33H29Cl2N3O2. The Balaban J connectivity index is 1.47. The lowest BCUT2D eigenvalue weighted by molar-refractivity contribution is 0.0792. The number of aromatic nitrogens is 2. The van der Waals surface area contributed by atoms with Gasteiger partial charge in [-0.2, -0.15) is 5.10 Å². The van der Waals surface area contributed by atoms with Crippen molar-refractivity contribution in [3.8, 4) is 28.1 Å². The zero-order valence-corrected chi connectivity index (χ0v) is 23.6. The Labute approximate surface area is 244 Å². The number of carbonyl (C=O) groups is 1. The number of nitrogens with zero attached hydrogens (tertiary/aromatic N) is 2. The second-order valence-electron chi connectivity index (χ2n) is 9.44. The lowest BCUT2D eigenvalue weighted by atomic mass is 10.00. The summed E-state index contributed by atoms with van der Waals surface area (Å²) >= 11 is 12.8. The van der Waals surface area contributed by atoms with Gasteiger partial charge in [0.2, 0.25) is 0 Å². The fourth-order valence-electron chi connectivity index (χ4n) is 4.52. The molecule has 0 saturated heterocycles. The molecule has 0 spiro atoms. The second kappa shape index (κ2) is 13.0. The normalized spacial score (nSPS) is 11.8.